The Morgan fingerprint density at radius 1 is 1.12 bits per heavy atom. The van der Waals surface area contributed by atoms with Crippen LogP contribution in [0.15, 0.2) is 24.3 Å². The molecule has 0 atom stereocenters. The van der Waals surface area contributed by atoms with Crippen LogP contribution in [0.2, 0.25) is 0 Å². The van der Waals surface area contributed by atoms with Crippen LogP contribution in [0.4, 0.5) is 0 Å². The van der Waals surface area contributed by atoms with Crippen LogP contribution in [0.3, 0.4) is 0 Å². The topological polar surface area (TPSA) is 52.3 Å². The highest BCUT2D eigenvalue weighted by Gasteiger charge is 2.14. The predicted molar refractivity (Wildman–Crippen MR) is 62.5 cm³/mol. The molecule has 16 heavy (non-hydrogen) atoms. The quantitative estimate of drug-likeness (QED) is 0.849. The molecule has 1 saturated carbocycles. The number of benzene rings is 1. The predicted octanol–water partition coefficient (Wildman–Crippen LogP) is 2.50. The molecular formula is C13H17NO2. The van der Waals surface area contributed by atoms with Gasteiger partial charge in [-0.2, -0.15) is 0 Å². The Morgan fingerprint density at radius 3 is 2.31 bits per heavy atom. The maximum absolute atomic E-state index is 10.9. The van der Waals surface area contributed by atoms with Crippen LogP contribution in [-0.4, -0.2) is 12.0 Å². The summed E-state index contributed by atoms with van der Waals surface area (Å²) in [5.41, 5.74) is 5.69. The van der Waals surface area contributed by atoms with Crippen LogP contribution in [0.1, 0.15) is 42.5 Å². The fraction of sp³-hybridized carbons (Fsp3) is 0.462. The Hall–Kier alpha value is -1.51. The van der Waals surface area contributed by atoms with Gasteiger partial charge in [0.05, 0.1) is 6.10 Å². The van der Waals surface area contributed by atoms with Crippen molar-refractivity contribution in [2.45, 2.75) is 38.2 Å². The van der Waals surface area contributed by atoms with Gasteiger partial charge < -0.3 is 10.5 Å². The van der Waals surface area contributed by atoms with E-state index in [-0.39, 0.29) is 0 Å². The zero-order chi connectivity index (χ0) is 11.4. The minimum absolute atomic E-state index is 0.341. The van der Waals surface area contributed by atoms with E-state index in [0.29, 0.717) is 11.7 Å². The molecule has 1 fully saturated rings. The maximum Gasteiger partial charge on any atom is 0.248 e. The molecule has 3 nitrogen and oxygen atoms in total. The summed E-state index contributed by atoms with van der Waals surface area (Å²) in [5, 5.41) is 0. The summed E-state index contributed by atoms with van der Waals surface area (Å²) < 4.78 is 5.84. The van der Waals surface area contributed by atoms with Crippen molar-refractivity contribution in [3.8, 4) is 5.75 Å². The smallest absolute Gasteiger partial charge is 0.248 e. The third-order valence-electron chi connectivity index (χ3n) is 2.99. The number of amides is 1. The van der Waals surface area contributed by atoms with E-state index in [4.69, 9.17) is 10.5 Å². The lowest BCUT2D eigenvalue weighted by Gasteiger charge is -2.22. The number of carbonyl (C=O) groups excluding carboxylic acids is 1. The first-order valence-corrected chi connectivity index (χ1v) is 5.82. The standard InChI is InChI=1S/C13H17NO2/c14-13(15)10-6-8-12(9-7-10)16-11-4-2-1-3-5-11/h6-9,11H,1-5H2,(H2,14,15). The second-order valence-corrected chi connectivity index (χ2v) is 4.27. The highest BCUT2D eigenvalue weighted by atomic mass is 16.5. The third kappa shape index (κ3) is 2.75. The number of hydrogen-bond acceptors (Lipinski definition) is 2. The first kappa shape index (κ1) is 11.0. The van der Waals surface area contributed by atoms with Crippen LogP contribution < -0.4 is 10.5 Å². The van der Waals surface area contributed by atoms with Crippen molar-refractivity contribution in [3.63, 3.8) is 0 Å². The van der Waals surface area contributed by atoms with Crippen molar-refractivity contribution in [1.82, 2.24) is 0 Å². The average Bonchev–Trinajstić information content (AvgIpc) is 2.31. The summed E-state index contributed by atoms with van der Waals surface area (Å²) in [7, 11) is 0. The van der Waals surface area contributed by atoms with Gasteiger partial charge in [0, 0.05) is 5.56 Å². The van der Waals surface area contributed by atoms with Gasteiger partial charge >= 0.3 is 0 Å². The van der Waals surface area contributed by atoms with Gasteiger partial charge in [-0.25, -0.2) is 0 Å². The Balaban J connectivity index is 1.96. The van der Waals surface area contributed by atoms with Crippen molar-refractivity contribution in [2.75, 3.05) is 0 Å². The van der Waals surface area contributed by atoms with Crippen molar-refractivity contribution in [1.29, 1.82) is 0 Å². The van der Waals surface area contributed by atoms with Gasteiger partial charge in [-0.1, -0.05) is 6.42 Å². The van der Waals surface area contributed by atoms with Crippen LogP contribution in [-0.2, 0) is 0 Å². The van der Waals surface area contributed by atoms with Crippen molar-refractivity contribution >= 4 is 5.91 Å². The highest BCUT2D eigenvalue weighted by molar-refractivity contribution is 5.92. The first-order valence-electron chi connectivity index (χ1n) is 5.82. The lowest BCUT2D eigenvalue weighted by Crippen LogP contribution is -2.19. The average molecular weight is 219 g/mol. The lowest BCUT2D eigenvalue weighted by molar-refractivity contribution is 0.1000. The molecule has 2 N–H and O–H groups in total. The Morgan fingerprint density at radius 2 is 1.75 bits per heavy atom. The van der Waals surface area contributed by atoms with Gasteiger partial charge in [-0.15, -0.1) is 0 Å². The van der Waals surface area contributed by atoms with Crippen LogP contribution in [0, 0.1) is 0 Å². The van der Waals surface area contributed by atoms with Crippen molar-refractivity contribution < 1.29 is 9.53 Å². The van der Waals surface area contributed by atoms with Crippen molar-refractivity contribution in [2.24, 2.45) is 5.73 Å². The molecule has 0 unspecified atom stereocenters. The summed E-state index contributed by atoms with van der Waals surface area (Å²) in [6, 6.07) is 7.05. The third-order valence-corrected chi connectivity index (χ3v) is 2.99. The number of nitrogens with two attached hydrogens (primary N) is 1. The molecule has 0 saturated heterocycles. The zero-order valence-corrected chi connectivity index (χ0v) is 9.32. The molecule has 1 aliphatic rings. The lowest BCUT2D eigenvalue weighted by atomic mass is 9.98. The van der Waals surface area contributed by atoms with E-state index in [1.165, 1.54) is 19.3 Å². The van der Waals surface area contributed by atoms with Gasteiger partial charge in [-0.3, -0.25) is 4.79 Å². The van der Waals surface area contributed by atoms with Gasteiger partial charge in [0.2, 0.25) is 5.91 Å². The first-order chi connectivity index (χ1) is 7.75. The monoisotopic (exact) mass is 219 g/mol. The Labute approximate surface area is 95.6 Å². The summed E-state index contributed by atoms with van der Waals surface area (Å²) in [5.74, 6) is 0.432. The molecule has 0 heterocycles. The highest BCUT2D eigenvalue weighted by Crippen LogP contribution is 2.23. The van der Waals surface area contributed by atoms with Crippen LogP contribution in [0.5, 0.6) is 5.75 Å². The zero-order valence-electron chi connectivity index (χ0n) is 9.32. The van der Waals surface area contributed by atoms with E-state index in [9.17, 15) is 4.79 Å². The number of hydrogen-bond donors (Lipinski definition) is 1. The van der Waals surface area contributed by atoms with E-state index >= 15 is 0 Å². The van der Waals surface area contributed by atoms with E-state index in [1.807, 2.05) is 12.1 Å². The van der Waals surface area contributed by atoms with E-state index in [1.54, 1.807) is 12.1 Å². The van der Waals surface area contributed by atoms with Crippen LogP contribution >= 0.6 is 0 Å². The molecule has 1 aromatic carbocycles. The number of ether oxygens (including phenoxy) is 1. The molecular weight excluding hydrogens is 202 g/mol. The Bertz CT molecular complexity index is 353. The molecule has 2 rings (SSSR count). The number of rotatable bonds is 3. The molecule has 0 aromatic heterocycles. The SMILES string of the molecule is NC(=O)c1ccc(OC2CCCCC2)cc1. The summed E-state index contributed by atoms with van der Waals surface area (Å²) in [6.07, 6.45) is 6.44. The minimum atomic E-state index is -0.399. The molecule has 1 amide bonds. The molecule has 0 bridgehead atoms. The number of primary amides is 1. The summed E-state index contributed by atoms with van der Waals surface area (Å²) >= 11 is 0. The Kier molecular flexibility index (Phi) is 3.44. The summed E-state index contributed by atoms with van der Waals surface area (Å²) in [4.78, 5) is 10.9. The van der Waals surface area contributed by atoms with E-state index < -0.39 is 5.91 Å². The molecule has 1 aromatic rings. The maximum atomic E-state index is 10.9. The second kappa shape index (κ2) is 5.01. The van der Waals surface area contributed by atoms with Gasteiger partial charge in [-0.05, 0) is 49.9 Å². The largest absolute Gasteiger partial charge is 0.490 e. The molecule has 86 valence electrons. The molecule has 3 heteroatoms. The molecule has 1 aliphatic carbocycles. The minimum Gasteiger partial charge on any atom is -0.490 e. The van der Waals surface area contributed by atoms with Crippen LogP contribution in [0.25, 0.3) is 0 Å². The second-order valence-electron chi connectivity index (χ2n) is 4.27. The molecule has 0 radical (unpaired) electrons. The fourth-order valence-corrected chi connectivity index (χ4v) is 2.07. The van der Waals surface area contributed by atoms with Gasteiger partial charge in [0.25, 0.3) is 0 Å². The van der Waals surface area contributed by atoms with E-state index in [2.05, 4.69) is 0 Å². The fourth-order valence-electron chi connectivity index (χ4n) is 2.07. The normalized spacial score (nSPS) is 17.0. The van der Waals surface area contributed by atoms with Gasteiger partial charge in [0.15, 0.2) is 0 Å². The van der Waals surface area contributed by atoms with Gasteiger partial charge in [0.1, 0.15) is 5.75 Å². The molecule has 0 spiro atoms. The van der Waals surface area contributed by atoms with Crippen molar-refractivity contribution in [3.05, 3.63) is 29.8 Å². The summed E-state index contributed by atoms with van der Waals surface area (Å²) in [6.45, 7) is 0. The van der Waals surface area contributed by atoms with E-state index in [0.717, 1.165) is 18.6 Å². The molecule has 0 aliphatic heterocycles. The number of carbonyl (C=O) groups is 1.